The third kappa shape index (κ3) is 4.94. The van der Waals surface area contributed by atoms with Crippen molar-refractivity contribution < 1.29 is 23.5 Å². The quantitative estimate of drug-likeness (QED) is 0.304. The van der Waals surface area contributed by atoms with Crippen molar-refractivity contribution in [2.24, 2.45) is 5.92 Å². The van der Waals surface area contributed by atoms with E-state index in [1.807, 2.05) is 12.1 Å². The number of hydrogen-bond donors (Lipinski definition) is 1. The molecule has 2 unspecified atom stereocenters. The molecule has 2 aliphatic rings. The number of ether oxygens (including phenoxy) is 1. The first-order valence-electron chi connectivity index (χ1n) is 12.5. The molecule has 4 aromatic rings. The SMILES string of the molecule is COc1ccc([C@@H]2c3sc(=O)n(CC(=O)Nc4ccc(F)cc4)c3SC3C(=O)N(c4ccc(Cl)cc4)C(=O)C32)cc1. The summed E-state index contributed by atoms with van der Waals surface area (Å²) in [6, 6.07) is 18.9. The van der Waals surface area contributed by atoms with Gasteiger partial charge in [0.05, 0.1) is 23.7 Å². The van der Waals surface area contributed by atoms with E-state index in [0.717, 1.165) is 28.7 Å². The number of imide groups is 1. The molecule has 3 aromatic carbocycles. The lowest BCUT2D eigenvalue weighted by Crippen LogP contribution is -2.33. The second-order valence-electron chi connectivity index (χ2n) is 9.48. The van der Waals surface area contributed by atoms with Crippen molar-refractivity contribution >= 4 is 63.8 Å². The zero-order valence-electron chi connectivity index (χ0n) is 21.4. The first kappa shape index (κ1) is 27.3. The number of halogens is 2. The van der Waals surface area contributed by atoms with Crippen molar-refractivity contribution in [3.63, 3.8) is 0 Å². The molecule has 0 aliphatic carbocycles. The van der Waals surface area contributed by atoms with Crippen LogP contribution in [0.1, 0.15) is 16.4 Å². The van der Waals surface area contributed by atoms with Crippen LogP contribution in [0.25, 0.3) is 0 Å². The standard InChI is InChI=1S/C29H21ClFN3O5S2/c1-39-20-12-2-15(3-13-20)22-23-24(27(37)34(26(23)36)19-10-4-16(30)5-11-19)40-28-25(22)41-29(38)33(28)14-21(35)32-18-8-6-17(31)7-9-18/h2-13,22-24H,14H2,1H3,(H,32,35)/t22-,23?,24?/m0/s1. The third-order valence-electron chi connectivity index (χ3n) is 7.04. The molecule has 208 valence electrons. The summed E-state index contributed by atoms with van der Waals surface area (Å²) in [5, 5.41) is 2.79. The summed E-state index contributed by atoms with van der Waals surface area (Å²) in [4.78, 5) is 55.2. The highest BCUT2D eigenvalue weighted by Gasteiger charge is 2.56. The van der Waals surface area contributed by atoms with Crippen molar-refractivity contribution in [3.8, 4) is 5.75 Å². The summed E-state index contributed by atoms with van der Waals surface area (Å²) in [5.41, 5.74) is 1.53. The molecule has 2 aliphatic heterocycles. The summed E-state index contributed by atoms with van der Waals surface area (Å²) >= 11 is 8.12. The molecule has 0 bridgehead atoms. The average Bonchev–Trinajstić information content (AvgIpc) is 3.41. The van der Waals surface area contributed by atoms with Gasteiger partial charge in [0.1, 0.15) is 23.4 Å². The van der Waals surface area contributed by atoms with Gasteiger partial charge in [-0.3, -0.25) is 23.7 Å². The van der Waals surface area contributed by atoms with Gasteiger partial charge in [-0.05, 0) is 66.2 Å². The second-order valence-corrected chi connectivity index (χ2v) is 12.0. The number of thiazole rings is 1. The van der Waals surface area contributed by atoms with Crippen LogP contribution in [0.5, 0.6) is 5.75 Å². The number of aromatic nitrogens is 1. The van der Waals surface area contributed by atoms with Gasteiger partial charge in [-0.1, -0.05) is 46.8 Å². The smallest absolute Gasteiger partial charge is 0.308 e. The van der Waals surface area contributed by atoms with Crippen LogP contribution >= 0.6 is 34.7 Å². The molecule has 0 spiro atoms. The summed E-state index contributed by atoms with van der Waals surface area (Å²) < 4.78 is 19.9. The van der Waals surface area contributed by atoms with Gasteiger partial charge >= 0.3 is 4.87 Å². The lowest BCUT2D eigenvalue weighted by molar-refractivity contribution is -0.122. The van der Waals surface area contributed by atoms with Crippen LogP contribution in [0.2, 0.25) is 5.02 Å². The number of hydrogen-bond acceptors (Lipinski definition) is 7. The highest BCUT2D eigenvalue weighted by Crippen LogP contribution is 2.54. The highest BCUT2D eigenvalue weighted by molar-refractivity contribution is 8.00. The second kappa shape index (κ2) is 10.8. The van der Waals surface area contributed by atoms with E-state index in [1.165, 1.54) is 33.7 Å². The number of fused-ring (bicyclic) bond motifs is 2. The lowest BCUT2D eigenvalue weighted by atomic mass is 9.83. The van der Waals surface area contributed by atoms with Crippen LogP contribution < -0.4 is 19.8 Å². The van der Waals surface area contributed by atoms with Gasteiger partial charge in [-0.15, -0.1) is 0 Å². The first-order valence-corrected chi connectivity index (χ1v) is 14.6. The molecule has 6 rings (SSSR count). The molecule has 1 fully saturated rings. The zero-order valence-corrected chi connectivity index (χ0v) is 23.8. The topological polar surface area (TPSA) is 97.7 Å². The van der Waals surface area contributed by atoms with Gasteiger partial charge in [0.25, 0.3) is 0 Å². The van der Waals surface area contributed by atoms with Gasteiger partial charge in [0.2, 0.25) is 17.7 Å². The van der Waals surface area contributed by atoms with Crippen molar-refractivity contribution in [1.29, 1.82) is 0 Å². The zero-order chi connectivity index (χ0) is 28.8. The molecule has 41 heavy (non-hydrogen) atoms. The summed E-state index contributed by atoms with van der Waals surface area (Å²) in [6.45, 7) is -0.315. The monoisotopic (exact) mass is 609 g/mol. The maximum atomic E-state index is 13.9. The van der Waals surface area contributed by atoms with E-state index in [0.29, 0.717) is 32.1 Å². The Bertz CT molecular complexity index is 1720. The van der Waals surface area contributed by atoms with Crippen molar-refractivity contribution in [3.05, 3.63) is 104 Å². The lowest BCUT2D eigenvalue weighted by Gasteiger charge is -2.30. The Morgan fingerprint density at radius 3 is 2.32 bits per heavy atom. The number of nitrogens with zero attached hydrogens (tertiary/aromatic N) is 2. The number of nitrogens with one attached hydrogen (secondary N) is 1. The number of amides is 3. The summed E-state index contributed by atoms with van der Waals surface area (Å²) in [5.74, 6) is -2.46. The van der Waals surface area contributed by atoms with Gasteiger partial charge < -0.3 is 10.1 Å². The molecule has 1 N–H and O–H groups in total. The molecule has 8 nitrogen and oxygen atoms in total. The molecule has 12 heteroatoms. The molecule has 1 aromatic heterocycles. The van der Waals surface area contributed by atoms with Crippen LogP contribution in [0.4, 0.5) is 15.8 Å². The number of thioether (sulfide) groups is 1. The number of benzene rings is 3. The minimum absolute atomic E-state index is 0.315. The first-order chi connectivity index (χ1) is 19.7. The number of carbonyl (C=O) groups excluding carboxylic acids is 3. The minimum Gasteiger partial charge on any atom is -0.497 e. The van der Waals surface area contributed by atoms with Crippen LogP contribution in [-0.4, -0.2) is 34.6 Å². The fraction of sp³-hybridized carbons (Fsp3) is 0.172. The number of anilines is 2. The van der Waals surface area contributed by atoms with Gasteiger partial charge in [-0.25, -0.2) is 9.29 Å². The Morgan fingerprint density at radius 2 is 1.66 bits per heavy atom. The van der Waals surface area contributed by atoms with E-state index >= 15 is 0 Å². The van der Waals surface area contributed by atoms with E-state index in [9.17, 15) is 23.6 Å². The van der Waals surface area contributed by atoms with E-state index in [4.69, 9.17) is 16.3 Å². The highest BCUT2D eigenvalue weighted by atomic mass is 35.5. The van der Waals surface area contributed by atoms with E-state index in [1.54, 1.807) is 43.5 Å². The van der Waals surface area contributed by atoms with E-state index < -0.39 is 34.7 Å². The Morgan fingerprint density at radius 1 is 0.976 bits per heavy atom. The molecule has 0 radical (unpaired) electrons. The van der Waals surface area contributed by atoms with Gasteiger partial charge in [0, 0.05) is 21.5 Å². The largest absolute Gasteiger partial charge is 0.497 e. The molecule has 3 atom stereocenters. The summed E-state index contributed by atoms with van der Waals surface area (Å²) in [6.07, 6.45) is 0. The Labute approximate surface area is 246 Å². The Kier molecular flexibility index (Phi) is 7.18. The van der Waals surface area contributed by atoms with Gasteiger partial charge in [-0.2, -0.15) is 0 Å². The van der Waals surface area contributed by atoms with Crippen LogP contribution in [-0.2, 0) is 20.9 Å². The van der Waals surface area contributed by atoms with Crippen LogP contribution in [0.15, 0.2) is 82.6 Å². The Hall–Kier alpha value is -3.93. The molecule has 0 saturated carbocycles. The van der Waals surface area contributed by atoms with E-state index in [2.05, 4.69) is 5.32 Å². The molecule has 1 saturated heterocycles. The van der Waals surface area contributed by atoms with Crippen LogP contribution in [0.3, 0.4) is 0 Å². The number of carbonyl (C=O) groups is 3. The fourth-order valence-corrected chi connectivity index (χ4v) is 8.05. The van der Waals surface area contributed by atoms with Crippen LogP contribution in [0, 0.1) is 11.7 Å². The maximum absolute atomic E-state index is 13.9. The third-order valence-corrected chi connectivity index (χ3v) is 9.89. The van der Waals surface area contributed by atoms with Gasteiger partial charge in [0.15, 0.2) is 0 Å². The molecular weight excluding hydrogens is 589 g/mol. The van der Waals surface area contributed by atoms with Crippen molar-refractivity contribution in [2.75, 3.05) is 17.3 Å². The number of methoxy groups -OCH3 is 1. The maximum Gasteiger partial charge on any atom is 0.308 e. The van der Waals surface area contributed by atoms with E-state index in [-0.39, 0.29) is 17.3 Å². The van der Waals surface area contributed by atoms with Crippen molar-refractivity contribution in [2.45, 2.75) is 22.7 Å². The molecular formula is C29H21ClFN3O5S2. The minimum atomic E-state index is -0.821. The molecule has 3 amide bonds. The predicted octanol–water partition coefficient (Wildman–Crippen LogP) is 5.15. The van der Waals surface area contributed by atoms with Crippen molar-refractivity contribution in [1.82, 2.24) is 4.57 Å². The molecule has 3 heterocycles. The average molecular weight is 610 g/mol. The summed E-state index contributed by atoms with van der Waals surface area (Å²) in [7, 11) is 1.55. The Balaban J connectivity index is 1.40. The normalized spacial score (nSPS) is 19.6. The fourth-order valence-electron chi connectivity index (χ4n) is 5.15. The predicted molar refractivity (Wildman–Crippen MR) is 156 cm³/mol. The number of rotatable bonds is 6.